The quantitative estimate of drug-likeness (QED) is 0.175. The predicted octanol–water partition coefficient (Wildman–Crippen LogP) is 14.4. The minimum atomic E-state index is -0.671. The topological polar surface area (TPSA) is 43.6 Å². The summed E-state index contributed by atoms with van der Waals surface area (Å²) >= 11 is 2.47. The molecule has 0 bridgehead atoms. The van der Waals surface area contributed by atoms with Crippen molar-refractivity contribution in [1.82, 2.24) is 19.5 Å². The number of benzene rings is 8. The van der Waals surface area contributed by atoms with Crippen LogP contribution in [0.4, 0.5) is 0 Å². The lowest BCUT2D eigenvalue weighted by Gasteiger charge is -2.08. The van der Waals surface area contributed by atoms with Crippen LogP contribution >= 0.6 is 22.7 Å². The van der Waals surface area contributed by atoms with Gasteiger partial charge in [-0.3, -0.25) is 0 Å². The lowest BCUT2D eigenvalue weighted by molar-refractivity contribution is 1.07. The molecular weight excluding hydrogens is 733 g/mol. The normalized spacial score (nSPS) is 15.3. The number of aromatic nitrogens is 4. The molecule has 0 saturated heterocycles. The van der Waals surface area contributed by atoms with Crippen LogP contribution in [0, 0.1) is 0 Å². The zero-order valence-corrected chi connectivity index (χ0v) is 31.0. The molecule has 8 aromatic carbocycles. The molecule has 0 fully saturated rings. The number of hydrogen-bond acceptors (Lipinski definition) is 5. The molecule has 4 aromatic heterocycles. The molecule has 0 N–H and O–H groups in total. The molecule has 0 spiro atoms. The van der Waals surface area contributed by atoms with Crippen molar-refractivity contribution in [2.75, 3.05) is 0 Å². The van der Waals surface area contributed by atoms with Gasteiger partial charge in [0.25, 0.3) is 0 Å². The Bertz CT molecular complexity index is 4210. The Morgan fingerprint density at radius 1 is 0.386 bits per heavy atom. The Balaban J connectivity index is 1.03. The second-order valence-corrected chi connectivity index (χ2v) is 15.4. The summed E-state index contributed by atoms with van der Waals surface area (Å²) in [6.07, 6.45) is 0. The average molecular weight is 777 g/mol. The van der Waals surface area contributed by atoms with E-state index in [0.29, 0.717) is 23.0 Å². The Kier molecular flexibility index (Phi) is 4.79. The Labute approximate surface area is 355 Å². The minimum Gasteiger partial charge on any atom is -0.309 e. The van der Waals surface area contributed by atoms with Gasteiger partial charge in [0.2, 0.25) is 0 Å². The van der Waals surface area contributed by atoms with Crippen LogP contribution < -0.4 is 0 Å². The van der Waals surface area contributed by atoms with Crippen LogP contribution in [-0.4, -0.2) is 19.5 Å². The Morgan fingerprint density at radius 3 is 1.65 bits per heavy atom. The SMILES string of the molecule is [2H]c1c(-c2ccc3sc4cc(-c5nc(-c6ccccc6)nc(-c6ccccc6)n5)ccc4c3c2)c([2H])c2sc3c([2H])c(-n4c5c([2H])c([2H])c([2H])c([2H])c5c5c([2H])c([2H])c([2H])c([2H])c54)c([2H])c([2H])c3c2c1[2H]. The number of nitrogens with zero attached hydrogens (tertiary/aromatic N) is 4. The molecule has 6 heteroatoms. The van der Waals surface area contributed by atoms with Gasteiger partial charge in [-0.25, -0.2) is 15.0 Å². The van der Waals surface area contributed by atoms with E-state index in [1.54, 1.807) is 17.4 Å². The molecule has 0 amide bonds. The number of fused-ring (bicyclic) bond motifs is 9. The summed E-state index contributed by atoms with van der Waals surface area (Å²) in [7, 11) is 0. The third-order valence-electron chi connectivity index (χ3n) is 9.97. The third-order valence-corrected chi connectivity index (χ3v) is 12.1. The van der Waals surface area contributed by atoms with Crippen LogP contribution in [0.3, 0.4) is 0 Å². The van der Waals surface area contributed by atoms with E-state index in [0.717, 1.165) is 52.8 Å². The van der Waals surface area contributed by atoms with E-state index in [9.17, 15) is 8.22 Å². The van der Waals surface area contributed by atoms with Gasteiger partial charge >= 0.3 is 0 Å². The molecule has 0 aliphatic heterocycles. The van der Waals surface area contributed by atoms with Gasteiger partial charge in [0.05, 0.1) is 30.2 Å². The van der Waals surface area contributed by atoms with Gasteiger partial charge in [0, 0.05) is 73.5 Å². The maximum absolute atomic E-state index is 9.63. The van der Waals surface area contributed by atoms with Crippen molar-refractivity contribution < 1.29 is 19.2 Å². The average Bonchev–Trinajstić information content (AvgIpc) is 4.09. The fourth-order valence-corrected chi connectivity index (χ4v) is 9.43. The first-order chi connectivity index (χ1) is 34.1. The first-order valence-electron chi connectivity index (χ1n) is 24.9. The van der Waals surface area contributed by atoms with Crippen LogP contribution in [0.5, 0.6) is 0 Å². The molecule has 0 aliphatic carbocycles. The largest absolute Gasteiger partial charge is 0.309 e. The summed E-state index contributed by atoms with van der Waals surface area (Å²) < 4.78 is 129. The monoisotopic (exact) mass is 776 g/mol. The van der Waals surface area contributed by atoms with Crippen LogP contribution in [0.25, 0.3) is 113 Å². The van der Waals surface area contributed by atoms with Crippen molar-refractivity contribution in [1.29, 1.82) is 0 Å². The lowest BCUT2D eigenvalue weighted by Crippen LogP contribution is -1.99. The van der Waals surface area contributed by atoms with Gasteiger partial charge in [-0.15, -0.1) is 22.7 Å². The molecule has 266 valence electrons. The third kappa shape index (κ3) is 5.30. The van der Waals surface area contributed by atoms with E-state index in [1.165, 1.54) is 0 Å². The van der Waals surface area contributed by atoms with Crippen LogP contribution in [0.15, 0.2) is 182 Å². The van der Waals surface area contributed by atoms with Gasteiger partial charge in [0.15, 0.2) is 17.5 Å². The zero-order chi connectivity index (χ0) is 49.6. The Morgan fingerprint density at radius 2 is 0.965 bits per heavy atom. The highest BCUT2D eigenvalue weighted by Gasteiger charge is 2.16. The highest BCUT2D eigenvalue weighted by Crippen LogP contribution is 2.42. The smallest absolute Gasteiger partial charge is 0.164 e. The van der Waals surface area contributed by atoms with Gasteiger partial charge in [-0.05, 0) is 59.5 Å². The summed E-state index contributed by atoms with van der Waals surface area (Å²) in [4.78, 5) is 14.6. The summed E-state index contributed by atoms with van der Waals surface area (Å²) in [5, 5.41) is 1.31. The highest BCUT2D eigenvalue weighted by molar-refractivity contribution is 7.26. The van der Waals surface area contributed by atoms with E-state index in [1.807, 2.05) is 91.0 Å². The molecule has 0 atom stereocenters. The second kappa shape index (κ2) is 12.8. The standard InChI is InChI=1S/C51H30N4S2/c1-3-11-31(12-4-1)49-52-50(32-13-5-2-6-14-32)54-51(53-49)35-20-24-41-42-27-33(21-26-45(42)56-47(41)29-35)34-19-23-39-40-25-22-36(30-48(40)57-46(39)28-34)55-43-17-9-7-15-37(43)38-16-8-10-18-44(38)55/h1-30H/i7D,8D,9D,10D,15D,16D,17D,18D,19D,22D,23D,25D,28D,30D. The molecular formula is C51H30N4S2. The molecule has 57 heavy (non-hydrogen) atoms. The number of thiophene rings is 2. The molecule has 12 rings (SSSR count). The van der Waals surface area contributed by atoms with Gasteiger partial charge < -0.3 is 4.57 Å². The van der Waals surface area contributed by atoms with E-state index < -0.39 is 66.5 Å². The molecule has 0 radical (unpaired) electrons. The van der Waals surface area contributed by atoms with E-state index in [2.05, 4.69) is 0 Å². The van der Waals surface area contributed by atoms with E-state index in [4.69, 9.17) is 25.9 Å². The van der Waals surface area contributed by atoms with Crippen LogP contribution in [0.2, 0.25) is 0 Å². The Hall–Kier alpha value is -6.99. The summed E-state index contributed by atoms with van der Waals surface area (Å²) in [5.74, 6) is 1.58. The number of hydrogen-bond donors (Lipinski definition) is 0. The van der Waals surface area contributed by atoms with Crippen molar-refractivity contribution in [2.45, 2.75) is 0 Å². The molecule has 0 saturated carbocycles. The highest BCUT2D eigenvalue weighted by atomic mass is 32.1. The first-order valence-corrected chi connectivity index (χ1v) is 19.5. The van der Waals surface area contributed by atoms with E-state index >= 15 is 0 Å². The fourth-order valence-electron chi connectivity index (χ4n) is 7.29. The van der Waals surface area contributed by atoms with Crippen molar-refractivity contribution in [2.24, 2.45) is 0 Å². The van der Waals surface area contributed by atoms with Crippen molar-refractivity contribution in [3.63, 3.8) is 0 Å². The molecule has 12 aromatic rings. The molecule has 4 nitrogen and oxygen atoms in total. The zero-order valence-electron chi connectivity index (χ0n) is 43.3. The van der Waals surface area contributed by atoms with Crippen molar-refractivity contribution in [3.8, 4) is 51.0 Å². The van der Waals surface area contributed by atoms with Crippen molar-refractivity contribution >= 4 is 84.8 Å². The molecule has 0 aliphatic rings. The van der Waals surface area contributed by atoms with Crippen LogP contribution in [-0.2, 0) is 0 Å². The lowest BCUT2D eigenvalue weighted by atomic mass is 10.0. The molecule has 0 unspecified atom stereocenters. The second-order valence-electron chi connectivity index (χ2n) is 13.3. The van der Waals surface area contributed by atoms with Gasteiger partial charge in [-0.2, -0.15) is 0 Å². The predicted molar refractivity (Wildman–Crippen MR) is 242 cm³/mol. The fraction of sp³-hybridized carbons (Fsp3) is 0. The van der Waals surface area contributed by atoms with Crippen molar-refractivity contribution in [3.05, 3.63) is 182 Å². The summed E-state index contributed by atoms with van der Waals surface area (Å²) in [6.45, 7) is 0. The first kappa shape index (κ1) is 21.3. The summed E-state index contributed by atoms with van der Waals surface area (Å²) in [6, 6.07) is 23.7. The van der Waals surface area contributed by atoms with Gasteiger partial charge in [-0.1, -0.05) is 133 Å². The number of rotatable bonds is 5. The maximum Gasteiger partial charge on any atom is 0.164 e. The minimum absolute atomic E-state index is 0.0214. The van der Waals surface area contributed by atoms with Gasteiger partial charge in [0.1, 0.15) is 0 Å². The molecule has 4 heterocycles. The maximum atomic E-state index is 9.63. The van der Waals surface area contributed by atoms with E-state index in [-0.39, 0.29) is 71.4 Å². The summed E-state index contributed by atoms with van der Waals surface area (Å²) in [5.41, 5.74) is 2.15. The van der Waals surface area contributed by atoms with Crippen LogP contribution in [0.1, 0.15) is 19.2 Å². The number of para-hydroxylation sites is 2.